The number of carbonyl (C=O) groups is 1. The van der Waals surface area contributed by atoms with E-state index in [-0.39, 0.29) is 5.97 Å². The van der Waals surface area contributed by atoms with Gasteiger partial charge < -0.3 is 4.74 Å². The molecule has 0 aliphatic rings. The Bertz CT molecular complexity index is 842. The van der Waals surface area contributed by atoms with E-state index in [1.807, 2.05) is 59.4 Å². The minimum atomic E-state index is -0.332. The van der Waals surface area contributed by atoms with Crippen LogP contribution in [0.2, 0.25) is 0 Å². The summed E-state index contributed by atoms with van der Waals surface area (Å²) in [6, 6.07) is 19.8. The number of esters is 1. The molecule has 26 heavy (non-hydrogen) atoms. The highest BCUT2D eigenvalue weighted by molar-refractivity contribution is 5.86. The first-order valence-corrected chi connectivity index (χ1v) is 8.62. The molecule has 0 atom stereocenters. The SMILES string of the molecule is O=C(/C=C/c1ccccc1)OCCCc1cn(Cc2ccccc2)nn1. The molecule has 2 aromatic carbocycles. The Hall–Kier alpha value is -3.21. The molecule has 0 radical (unpaired) electrons. The van der Waals surface area contributed by atoms with Gasteiger partial charge in [0.15, 0.2) is 0 Å². The molecule has 0 bridgehead atoms. The number of ether oxygens (including phenoxy) is 1. The normalized spacial score (nSPS) is 10.9. The van der Waals surface area contributed by atoms with E-state index in [1.54, 1.807) is 6.08 Å². The fraction of sp³-hybridized carbons (Fsp3) is 0.190. The van der Waals surface area contributed by atoms with Crippen LogP contribution in [0.25, 0.3) is 6.08 Å². The molecule has 0 spiro atoms. The Morgan fingerprint density at radius 2 is 1.77 bits per heavy atom. The van der Waals surface area contributed by atoms with E-state index in [2.05, 4.69) is 22.4 Å². The second kappa shape index (κ2) is 9.32. The van der Waals surface area contributed by atoms with Crippen LogP contribution >= 0.6 is 0 Å². The number of carbonyl (C=O) groups excluding carboxylic acids is 1. The van der Waals surface area contributed by atoms with Gasteiger partial charge in [0.05, 0.1) is 18.8 Å². The average molecular weight is 347 g/mol. The minimum absolute atomic E-state index is 0.332. The van der Waals surface area contributed by atoms with Gasteiger partial charge in [0, 0.05) is 12.3 Å². The number of nitrogens with zero attached hydrogens (tertiary/aromatic N) is 3. The molecule has 3 aromatic rings. The van der Waals surface area contributed by atoms with Crippen molar-refractivity contribution in [3.63, 3.8) is 0 Å². The Kier molecular flexibility index (Phi) is 6.31. The Balaban J connectivity index is 1.37. The summed E-state index contributed by atoms with van der Waals surface area (Å²) in [5.41, 5.74) is 3.05. The summed E-state index contributed by atoms with van der Waals surface area (Å²) in [4.78, 5) is 11.7. The molecule has 5 nitrogen and oxygen atoms in total. The lowest BCUT2D eigenvalue weighted by Gasteiger charge is -2.01. The third-order valence-corrected chi connectivity index (χ3v) is 3.81. The average Bonchev–Trinajstić information content (AvgIpc) is 3.12. The van der Waals surface area contributed by atoms with Gasteiger partial charge in [-0.2, -0.15) is 0 Å². The number of benzene rings is 2. The summed E-state index contributed by atoms with van der Waals surface area (Å²) in [5.74, 6) is -0.332. The van der Waals surface area contributed by atoms with Crippen LogP contribution in [0.15, 0.2) is 72.9 Å². The summed E-state index contributed by atoms with van der Waals surface area (Å²) in [6.07, 6.45) is 6.58. The molecule has 0 N–H and O–H groups in total. The van der Waals surface area contributed by atoms with Gasteiger partial charge in [-0.15, -0.1) is 5.10 Å². The summed E-state index contributed by atoms with van der Waals surface area (Å²) in [6.45, 7) is 1.07. The molecule has 3 rings (SSSR count). The maximum Gasteiger partial charge on any atom is 0.330 e. The van der Waals surface area contributed by atoms with Crippen LogP contribution < -0.4 is 0 Å². The minimum Gasteiger partial charge on any atom is -0.463 e. The molecule has 0 fully saturated rings. The van der Waals surface area contributed by atoms with Crippen molar-refractivity contribution in [3.8, 4) is 0 Å². The van der Waals surface area contributed by atoms with Crippen molar-refractivity contribution >= 4 is 12.0 Å². The summed E-state index contributed by atoms with van der Waals surface area (Å²) in [5, 5.41) is 8.30. The summed E-state index contributed by atoms with van der Waals surface area (Å²) < 4.78 is 7.03. The first-order valence-electron chi connectivity index (χ1n) is 8.62. The smallest absolute Gasteiger partial charge is 0.330 e. The van der Waals surface area contributed by atoms with Gasteiger partial charge >= 0.3 is 5.97 Å². The van der Waals surface area contributed by atoms with Crippen molar-refractivity contribution in [2.24, 2.45) is 0 Å². The molecule has 0 aliphatic carbocycles. The van der Waals surface area contributed by atoms with Gasteiger partial charge in [-0.25, -0.2) is 9.48 Å². The topological polar surface area (TPSA) is 57.0 Å². The van der Waals surface area contributed by atoms with Crippen molar-refractivity contribution in [2.75, 3.05) is 6.61 Å². The number of hydrogen-bond acceptors (Lipinski definition) is 4. The first kappa shape index (κ1) is 17.6. The number of hydrogen-bond donors (Lipinski definition) is 0. The van der Waals surface area contributed by atoms with Crippen molar-refractivity contribution in [1.82, 2.24) is 15.0 Å². The zero-order valence-electron chi connectivity index (χ0n) is 14.5. The molecule has 0 amide bonds. The van der Waals surface area contributed by atoms with Crippen molar-refractivity contribution < 1.29 is 9.53 Å². The predicted molar refractivity (Wildman–Crippen MR) is 100 cm³/mol. The van der Waals surface area contributed by atoms with Crippen molar-refractivity contribution in [3.05, 3.63) is 89.8 Å². The number of rotatable bonds is 8. The third-order valence-electron chi connectivity index (χ3n) is 3.81. The Labute approximate surface area is 152 Å². The molecular weight excluding hydrogens is 326 g/mol. The molecule has 1 aromatic heterocycles. The number of aryl methyl sites for hydroxylation is 1. The van der Waals surface area contributed by atoms with Crippen molar-refractivity contribution in [2.45, 2.75) is 19.4 Å². The second-order valence-corrected chi connectivity index (χ2v) is 5.91. The maximum absolute atomic E-state index is 11.7. The molecular formula is C21H21N3O2. The fourth-order valence-electron chi connectivity index (χ4n) is 2.50. The summed E-state index contributed by atoms with van der Waals surface area (Å²) >= 11 is 0. The molecule has 0 unspecified atom stereocenters. The van der Waals surface area contributed by atoms with E-state index in [0.29, 0.717) is 13.2 Å². The third kappa shape index (κ3) is 5.70. The van der Waals surface area contributed by atoms with E-state index in [0.717, 1.165) is 24.1 Å². The molecule has 0 aliphatic heterocycles. The molecule has 0 saturated carbocycles. The molecule has 132 valence electrons. The molecule has 5 heteroatoms. The lowest BCUT2D eigenvalue weighted by molar-refractivity contribution is -0.137. The maximum atomic E-state index is 11.7. The van der Waals surface area contributed by atoms with E-state index in [1.165, 1.54) is 11.6 Å². The quantitative estimate of drug-likeness (QED) is 0.355. The van der Waals surface area contributed by atoms with Gasteiger partial charge in [0.2, 0.25) is 0 Å². The fourth-order valence-corrected chi connectivity index (χ4v) is 2.50. The highest BCUT2D eigenvalue weighted by Crippen LogP contribution is 2.04. The van der Waals surface area contributed by atoms with Crippen LogP contribution in [0.4, 0.5) is 0 Å². The van der Waals surface area contributed by atoms with Crippen LogP contribution in [0.3, 0.4) is 0 Å². The van der Waals surface area contributed by atoms with Crippen molar-refractivity contribution in [1.29, 1.82) is 0 Å². The number of aromatic nitrogens is 3. The summed E-state index contributed by atoms with van der Waals surface area (Å²) in [7, 11) is 0. The predicted octanol–water partition coefficient (Wildman–Crippen LogP) is 3.52. The lowest BCUT2D eigenvalue weighted by atomic mass is 10.2. The largest absolute Gasteiger partial charge is 0.463 e. The van der Waals surface area contributed by atoms with E-state index < -0.39 is 0 Å². The lowest BCUT2D eigenvalue weighted by Crippen LogP contribution is -2.03. The zero-order valence-corrected chi connectivity index (χ0v) is 14.5. The van der Waals surface area contributed by atoms with Crippen LogP contribution in [0.5, 0.6) is 0 Å². The van der Waals surface area contributed by atoms with Gasteiger partial charge in [-0.05, 0) is 30.0 Å². The molecule has 1 heterocycles. The first-order chi connectivity index (χ1) is 12.8. The van der Waals surface area contributed by atoms with Gasteiger partial charge in [0.1, 0.15) is 0 Å². The highest BCUT2D eigenvalue weighted by atomic mass is 16.5. The van der Waals surface area contributed by atoms with E-state index in [9.17, 15) is 4.79 Å². The standard InChI is InChI=1S/C21H21N3O2/c25-21(14-13-18-8-3-1-4-9-18)26-15-7-12-20-17-24(23-22-20)16-19-10-5-2-6-11-19/h1-6,8-11,13-14,17H,7,12,15-16H2/b14-13+. The van der Waals surface area contributed by atoms with Crippen LogP contribution in [-0.2, 0) is 22.5 Å². The Morgan fingerprint density at radius 3 is 2.54 bits per heavy atom. The van der Waals surface area contributed by atoms with Gasteiger partial charge in [-0.3, -0.25) is 0 Å². The second-order valence-electron chi connectivity index (χ2n) is 5.91. The van der Waals surface area contributed by atoms with Gasteiger partial charge in [-0.1, -0.05) is 65.9 Å². The van der Waals surface area contributed by atoms with E-state index >= 15 is 0 Å². The van der Waals surface area contributed by atoms with E-state index in [4.69, 9.17) is 4.74 Å². The van der Waals surface area contributed by atoms with Crippen LogP contribution in [-0.4, -0.2) is 27.6 Å². The van der Waals surface area contributed by atoms with Gasteiger partial charge in [0.25, 0.3) is 0 Å². The monoisotopic (exact) mass is 347 g/mol. The zero-order chi connectivity index (χ0) is 18.0. The highest BCUT2D eigenvalue weighted by Gasteiger charge is 2.03. The Morgan fingerprint density at radius 1 is 1.04 bits per heavy atom. The molecule has 0 saturated heterocycles. The van der Waals surface area contributed by atoms with Crippen LogP contribution in [0.1, 0.15) is 23.2 Å². The van der Waals surface area contributed by atoms with Crippen LogP contribution in [0, 0.1) is 0 Å².